The van der Waals surface area contributed by atoms with E-state index in [1.165, 1.54) is 4.90 Å². The molecule has 0 bridgehead atoms. The van der Waals surface area contributed by atoms with Crippen molar-refractivity contribution >= 4 is 11.9 Å². The van der Waals surface area contributed by atoms with Crippen molar-refractivity contribution in [3.8, 4) is 5.95 Å². The van der Waals surface area contributed by atoms with E-state index in [-0.39, 0.29) is 12.3 Å². The number of amides is 1. The van der Waals surface area contributed by atoms with Crippen LogP contribution in [0.25, 0.3) is 5.95 Å². The first-order chi connectivity index (χ1) is 12.3. The maximum Gasteiger partial charge on any atom is 0.326 e. The fourth-order valence-electron chi connectivity index (χ4n) is 3.50. The van der Waals surface area contributed by atoms with Gasteiger partial charge in [0.2, 0.25) is 5.91 Å². The summed E-state index contributed by atoms with van der Waals surface area (Å²) in [6, 6.07) is 1.17. The molecule has 0 unspecified atom stereocenters. The molecular weight excluding hydrogens is 334 g/mol. The number of aliphatic carboxylic acids is 1. The van der Waals surface area contributed by atoms with Gasteiger partial charge < -0.3 is 10.0 Å². The number of aromatic nitrogens is 4. The van der Waals surface area contributed by atoms with Crippen LogP contribution in [0.3, 0.4) is 0 Å². The standard InChI is InChI=1S/C18H23N5O3/c1-10-8-11(2)20-18(19-10)23-13(4)14(12(3)21-23)9-16(24)22-7-5-6-15(22)17(25)26/h8,15H,5-7,9H2,1-4H3,(H,25,26)/t15-/m0/s1. The van der Waals surface area contributed by atoms with Crippen LogP contribution in [0.1, 0.15) is 41.2 Å². The summed E-state index contributed by atoms with van der Waals surface area (Å²) in [6.07, 6.45) is 1.36. The number of hydrogen-bond acceptors (Lipinski definition) is 5. The van der Waals surface area contributed by atoms with Gasteiger partial charge in [0.1, 0.15) is 6.04 Å². The van der Waals surface area contributed by atoms with E-state index in [1.807, 2.05) is 33.8 Å². The van der Waals surface area contributed by atoms with Crippen molar-refractivity contribution in [3.05, 3.63) is 34.4 Å². The number of rotatable bonds is 4. The third-order valence-electron chi connectivity index (χ3n) is 4.79. The molecule has 0 radical (unpaired) electrons. The van der Waals surface area contributed by atoms with Gasteiger partial charge in [0.25, 0.3) is 5.95 Å². The number of carbonyl (C=O) groups is 2. The smallest absolute Gasteiger partial charge is 0.326 e. The third-order valence-corrected chi connectivity index (χ3v) is 4.79. The molecule has 2 aromatic rings. The Balaban J connectivity index is 1.89. The molecule has 0 aromatic carbocycles. The van der Waals surface area contributed by atoms with Crippen LogP contribution >= 0.6 is 0 Å². The third kappa shape index (κ3) is 3.31. The molecule has 3 rings (SSSR count). The van der Waals surface area contributed by atoms with Gasteiger partial charge in [-0.2, -0.15) is 5.10 Å². The highest BCUT2D eigenvalue weighted by Gasteiger charge is 2.34. The minimum atomic E-state index is -0.941. The van der Waals surface area contributed by atoms with Crippen LogP contribution in [-0.2, 0) is 16.0 Å². The predicted octanol–water partition coefficient (Wildman–Crippen LogP) is 1.51. The zero-order valence-corrected chi connectivity index (χ0v) is 15.5. The van der Waals surface area contributed by atoms with Crippen LogP contribution < -0.4 is 0 Å². The number of nitrogens with zero attached hydrogens (tertiary/aromatic N) is 5. The molecule has 8 heteroatoms. The van der Waals surface area contributed by atoms with Gasteiger partial charge in [-0.25, -0.2) is 19.4 Å². The monoisotopic (exact) mass is 357 g/mol. The summed E-state index contributed by atoms with van der Waals surface area (Å²) in [5, 5.41) is 13.8. The number of carbonyl (C=O) groups excluding carboxylic acids is 1. The van der Waals surface area contributed by atoms with Crippen molar-refractivity contribution in [2.75, 3.05) is 6.54 Å². The molecule has 3 heterocycles. The SMILES string of the molecule is Cc1cc(C)nc(-n2nc(C)c(CC(=O)N3CCC[C@H]3C(=O)O)c2C)n1. The Labute approximate surface area is 151 Å². The first-order valence-corrected chi connectivity index (χ1v) is 8.68. The summed E-state index contributed by atoms with van der Waals surface area (Å²) < 4.78 is 1.65. The van der Waals surface area contributed by atoms with Crippen LogP contribution in [-0.4, -0.2) is 54.2 Å². The first-order valence-electron chi connectivity index (χ1n) is 8.68. The Bertz CT molecular complexity index is 854. The Hall–Kier alpha value is -2.77. The van der Waals surface area contributed by atoms with Crippen molar-refractivity contribution in [2.45, 2.75) is 53.0 Å². The molecule has 1 aliphatic heterocycles. The van der Waals surface area contributed by atoms with Gasteiger partial charge in [-0.1, -0.05) is 0 Å². The molecule has 0 spiro atoms. The average Bonchev–Trinajstić information content (AvgIpc) is 3.14. The lowest BCUT2D eigenvalue weighted by molar-refractivity contribution is -0.148. The Morgan fingerprint density at radius 3 is 2.46 bits per heavy atom. The fraction of sp³-hybridized carbons (Fsp3) is 0.500. The normalized spacial score (nSPS) is 16.9. The van der Waals surface area contributed by atoms with Crippen LogP contribution in [0, 0.1) is 27.7 Å². The van der Waals surface area contributed by atoms with Gasteiger partial charge in [-0.15, -0.1) is 0 Å². The van der Waals surface area contributed by atoms with Gasteiger partial charge in [0.05, 0.1) is 12.1 Å². The molecule has 1 fully saturated rings. The van der Waals surface area contributed by atoms with Gasteiger partial charge in [-0.3, -0.25) is 4.79 Å². The summed E-state index contributed by atoms with van der Waals surface area (Å²) in [5.74, 6) is -0.642. The Morgan fingerprint density at radius 2 is 1.85 bits per heavy atom. The predicted molar refractivity (Wildman–Crippen MR) is 94.2 cm³/mol. The van der Waals surface area contributed by atoms with Crippen molar-refractivity contribution in [2.24, 2.45) is 0 Å². The number of hydrogen-bond donors (Lipinski definition) is 1. The molecule has 26 heavy (non-hydrogen) atoms. The van der Waals surface area contributed by atoms with Crippen molar-refractivity contribution in [1.82, 2.24) is 24.6 Å². The molecule has 1 saturated heterocycles. The maximum absolute atomic E-state index is 12.7. The highest BCUT2D eigenvalue weighted by Crippen LogP contribution is 2.22. The summed E-state index contributed by atoms with van der Waals surface area (Å²) >= 11 is 0. The number of carboxylic acid groups (broad SMARTS) is 1. The zero-order valence-electron chi connectivity index (χ0n) is 15.5. The molecule has 1 N–H and O–H groups in total. The molecule has 0 saturated carbocycles. The van der Waals surface area contributed by atoms with Crippen LogP contribution in [0.5, 0.6) is 0 Å². The number of carboxylic acids is 1. The lowest BCUT2D eigenvalue weighted by Gasteiger charge is -2.21. The van der Waals surface area contributed by atoms with Crippen LogP contribution in [0.4, 0.5) is 0 Å². The van der Waals surface area contributed by atoms with Gasteiger partial charge in [0, 0.05) is 29.2 Å². The average molecular weight is 357 g/mol. The minimum absolute atomic E-state index is 0.131. The van der Waals surface area contributed by atoms with E-state index in [2.05, 4.69) is 15.1 Å². The second kappa shape index (κ2) is 6.86. The van der Waals surface area contributed by atoms with E-state index in [0.717, 1.165) is 34.8 Å². The molecule has 2 aromatic heterocycles. The second-order valence-corrected chi connectivity index (χ2v) is 6.77. The van der Waals surface area contributed by atoms with Crippen molar-refractivity contribution in [1.29, 1.82) is 0 Å². The summed E-state index contributed by atoms with van der Waals surface area (Å²) in [6.45, 7) is 8.00. The van der Waals surface area contributed by atoms with E-state index < -0.39 is 12.0 Å². The summed E-state index contributed by atoms with van der Waals surface area (Å²) in [7, 11) is 0. The molecule has 1 aliphatic rings. The van der Waals surface area contributed by atoms with Crippen LogP contribution in [0.2, 0.25) is 0 Å². The molecular formula is C18H23N5O3. The molecule has 1 amide bonds. The molecule has 1 atom stereocenters. The van der Waals surface area contributed by atoms with E-state index >= 15 is 0 Å². The lowest BCUT2D eigenvalue weighted by Crippen LogP contribution is -2.41. The second-order valence-electron chi connectivity index (χ2n) is 6.77. The first kappa shape index (κ1) is 18.0. The highest BCUT2D eigenvalue weighted by molar-refractivity contribution is 5.85. The van der Waals surface area contributed by atoms with Crippen LogP contribution in [0.15, 0.2) is 6.07 Å². The molecule has 0 aliphatic carbocycles. The van der Waals surface area contributed by atoms with E-state index in [0.29, 0.717) is 18.9 Å². The van der Waals surface area contributed by atoms with Gasteiger partial charge in [0.15, 0.2) is 0 Å². The highest BCUT2D eigenvalue weighted by atomic mass is 16.4. The summed E-state index contributed by atoms with van der Waals surface area (Å²) in [4.78, 5) is 34.3. The quantitative estimate of drug-likeness (QED) is 0.890. The van der Waals surface area contributed by atoms with E-state index in [4.69, 9.17) is 0 Å². The maximum atomic E-state index is 12.7. The largest absolute Gasteiger partial charge is 0.480 e. The molecule has 138 valence electrons. The van der Waals surface area contributed by atoms with Gasteiger partial charge in [-0.05, 0) is 46.6 Å². The number of likely N-dealkylation sites (tertiary alicyclic amines) is 1. The zero-order chi connectivity index (χ0) is 19.0. The topological polar surface area (TPSA) is 101 Å². The Morgan fingerprint density at radius 1 is 1.19 bits per heavy atom. The lowest BCUT2D eigenvalue weighted by atomic mass is 10.1. The van der Waals surface area contributed by atoms with Gasteiger partial charge >= 0.3 is 5.97 Å². The molecule has 8 nitrogen and oxygen atoms in total. The van der Waals surface area contributed by atoms with Crippen molar-refractivity contribution in [3.63, 3.8) is 0 Å². The Kier molecular flexibility index (Phi) is 4.76. The van der Waals surface area contributed by atoms with E-state index in [9.17, 15) is 14.7 Å². The fourth-order valence-corrected chi connectivity index (χ4v) is 3.50. The van der Waals surface area contributed by atoms with Crippen molar-refractivity contribution < 1.29 is 14.7 Å². The minimum Gasteiger partial charge on any atom is -0.480 e. The number of aryl methyl sites for hydroxylation is 3. The summed E-state index contributed by atoms with van der Waals surface area (Å²) in [5.41, 5.74) is 4.02. The van der Waals surface area contributed by atoms with E-state index in [1.54, 1.807) is 4.68 Å².